The van der Waals surface area contributed by atoms with Crippen LogP contribution in [-0.4, -0.2) is 0 Å². The van der Waals surface area contributed by atoms with E-state index in [2.05, 4.69) is 278 Å². The van der Waals surface area contributed by atoms with Crippen molar-refractivity contribution in [2.45, 2.75) is 19.3 Å². The Morgan fingerprint density at radius 3 is 1.29 bits per heavy atom. The van der Waals surface area contributed by atoms with Crippen LogP contribution >= 0.6 is 11.3 Å². The standard InChI is InChI=1S/C69H48N2S/c1-45-15-13-21-53(41-45)70(51-31-27-49(28-32-51)47-17-5-3-6-18-47)55-35-37-59-61-39-40-62-60-38-36-56(71(54-22-14-16-46(2)42-54)52-33-29-50(30-34-52)48-19-7-4-8-20-48)44-66(60)72-68(62)67(61)69(65(59)43-55)63-25-11-9-23-57(63)58-24-10-12-26-64(58)69/h3-44H,1-2H3. The minimum absolute atomic E-state index is 0.555. The monoisotopic (exact) mass is 936 g/mol. The molecule has 0 saturated heterocycles. The molecule has 1 aromatic heterocycles. The van der Waals surface area contributed by atoms with E-state index in [1.165, 1.54) is 98.1 Å². The summed E-state index contributed by atoms with van der Waals surface area (Å²) in [5.74, 6) is 0. The maximum atomic E-state index is 2.52. The van der Waals surface area contributed by atoms with Crippen molar-refractivity contribution in [1.82, 2.24) is 0 Å². The number of thiophene rings is 1. The molecular weight excluding hydrogens is 889 g/mol. The summed E-state index contributed by atoms with van der Waals surface area (Å²) in [6, 6.07) is 94.7. The molecule has 0 atom stereocenters. The van der Waals surface area contributed by atoms with Crippen LogP contribution < -0.4 is 9.80 Å². The number of hydrogen-bond donors (Lipinski definition) is 0. The number of fused-ring (bicyclic) bond motifs is 14. The third kappa shape index (κ3) is 6.55. The lowest BCUT2D eigenvalue weighted by atomic mass is 9.70. The highest BCUT2D eigenvalue weighted by molar-refractivity contribution is 7.26. The lowest BCUT2D eigenvalue weighted by molar-refractivity contribution is 0.802. The van der Waals surface area contributed by atoms with Gasteiger partial charge in [0.15, 0.2) is 0 Å². The highest BCUT2D eigenvalue weighted by Crippen LogP contribution is 2.65. The molecule has 2 aliphatic rings. The molecule has 3 heteroatoms. The molecule has 2 aliphatic carbocycles. The molecule has 0 N–H and O–H groups in total. The van der Waals surface area contributed by atoms with Crippen molar-refractivity contribution in [2.75, 3.05) is 9.80 Å². The normalized spacial score (nSPS) is 12.7. The largest absolute Gasteiger partial charge is 0.310 e. The van der Waals surface area contributed by atoms with Gasteiger partial charge in [-0.15, -0.1) is 11.3 Å². The van der Waals surface area contributed by atoms with Crippen molar-refractivity contribution in [1.29, 1.82) is 0 Å². The Morgan fingerprint density at radius 2 is 0.736 bits per heavy atom. The Morgan fingerprint density at radius 1 is 0.306 bits per heavy atom. The van der Waals surface area contributed by atoms with Crippen molar-refractivity contribution in [3.8, 4) is 44.5 Å². The summed E-state index contributed by atoms with van der Waals surface area (Å²) in [7, 11) is 0. The number of nitrogens with zero attached hydrogens (tertiary/aromatic N) is 2. The topological polar surface area (TPSA) is 6.48 Å². The van der Waals surface area contributed by atoms with E-state index in [4.69, 9.17) is 0 Å². The van der Waals surface area contributed by atoms with Crippen molar-refractivity contribution in [3.05, 3.63) is 288 Å². The number of aryl methyl sites for hydroxylation is 2. The van der Waals surface area contributed by atoms with Gasteiger partial charge < -0.3 is 9.80 Å². The molecule has 0 saturated carbocycles. The van der Waals surface area contributed by atoms with Gasteiger partial charge in [0.05, 0.1) is 5.41 Å². The van der Waals surface area contributed by atoms with Gasteiger partial charge >= 0.3 is 0 Å². The van der Waals surface area contributed by atoms with E-state index in [-0.39, 0.29) is 0 Å². The minimum Gasteiger partial charge on any atom is -0.310 e. The zero-order valence-electron chi connectivity index (χ0n) is 40.1. The van der Waals surface area contributed by atoms with E-state index in [0.29, 0.717) is 0 Å². The van der Waals surface area contributed by atoms with Crippen LogP contribution in [0.15, 0.2) is 255 Å². The first kappa shape index (κ1) is 42.1. The number of benzene rings is 11. The maximum absolute atomic E-state index is 2.52. The van der Waals surface area contributed by atoms with Gasteiger partial charge in [0.2, 0.25) is 0 Å². The van der Waals surface area contributed by atoms with Gasteiger partial charge in [-0.05, 0) is 165 Å². The second-order valence-electron chi connectivity index (χ2n) is 19.4. The van der Waals surface area contributed by atoms with Crippen molar-refractivity contribution < 1.29 is 0 Å². The maximum Gasteiger partial charge on any atom is 0.0740 e. The highest BCUT2D eigenvalue weighted by atomic mass is 32.1. The molecule has 0 radical (unpaired) electrons. The minimum atomic E-state index is -0.555. The molecule has 0 amide bonds. The predicted molar refractivity (Wildman–Crippen MR) is 305 cm³/mol. The summed E-state index contributed by atoms with van der Waals surface area (Å²) < 4.78 is 2.61. The molecule has 72 heavy (non-hydrogen) atoms. The van der Waals surface area contributed by atoms with E-state index in [0.717, 1.165) is 34.1 Å². The first-order valence-corrected chi connectivity index (χ1v) is 25.7. The van der Waals surface area contributed by atoms with E-state index in [9.17, 15) is 0 Å². The Bertz CT molecular complexity index is 4010. The van der Waals surface area contributed by atoms with E-state index >= 15 is 0 Å². The zero-order valence-corrected chi connectivity index (χ0v) is 40.9. The van der Waals surface area contributed by atoms with Gasteiger partial charge in [-0.1, -0.05) is 182 Å². The molecular formula is C69H48N2S. The Balaban J connectivity index is 0.971. The van der Waals surface area contributed by atoms with Gasteiger partial charge in [0, 0.05) is 54.3 Å². The van der Waals surface area contributed by atoms with E-state index < -0.39 is 5.41 Å². The smallest absolute Gasteiger partial charge is 0.0740 e. The van der Waals surface area contributed by atoms with Crippen LogP contribution in [0.3, 0.4) is 0 Å². The quantitative estimate of drug-likeness (QED) is 0.150. The third-order valence-electron chi connectivity index (χ3n) is 15.2. The summed E-state index contributed by atoms with van der Waals surface area (Å²) in [6.45, 7) is 4.36. The summed E-state index contributed by atoms with van der Waals surface area (Å²) >= 11 is 1.94. The average molecular weight is 937 g/mol. The van der Waals surface area contributed by atoms with Crippen LogP contribution in [-0.2, 0) is 5.41 Å². The number of hydrogen-bond acceptors (Lipinski definition) is 3. The fourth-order valence-corrected chi connectivity index (χ4v) is 13.3. The third-order valence-corrected chi connectivity index (χ3v) is 16.3. The highest BCUT2D eigenvalue weighted by Gasteiger charge is 2.53. The van der Waals surface area contributed by atoms with Crippen LogP contribution in [0.1, 0.15) is 33.4 Å². The Labute approximate surface area is 425 Å². The van der Waals surface area contributed by atoms with Crippen molar-refractivity contribution in [2.24, 2.45) is 0 Å². The lowest BCUT2D eigenvalue weighted by Crippen LogP contribution is -2.26. The second-order valence-corrected chi connectivity index (χ2v) is 20.4. The predicted octanol–water partition coefficient (Wildman–Crippen LogP) is 19.3. The van der Waals surface area contributed by atoms with E-state index in [1.807, 2.05) is 11.3 Å². The summed E-state index contributed by atoms with van der Waals surface area (Å²) in [5, 5.41) is 2.57. The molecule has 0 unspecified atom stereocenters. The Kier molecular flexibility index (Phi) is 9.77. The average Bonchev–Trinajstić information content (AvgIpc) is 4.06. The van der Waals surface area contributed by atoms with Crippen LogP contribution in [0.25, 0.3) is 64.7 Å². The van der Waals surface area contributed by atoms with Crippen LogP contribution in [0.5, 0.6) is 0 Å². The summed E-state index contributed by atoms with van der Waals surface area (Å²) in [4.78, 5) is 4.85. The molecule has 11 aromatic carbocycles. The molecule has 340 valence electrons. The molecule has 0 fully saturated rings. The van der Waals surface area contributed by atoms with Crippen LogP contribution in [0.4, 0.5) is 34.1 Å². The molecule has 2 nitrogen and oxygen atoms in total. The number of anilines is 6. The van der Waals surface area contributed by atoms with Crippen LogP contribution in [0, 0.1) is 13.8 Å². The summed E-state index contributed by atoms with van der Waals surface area (Å²) in [5.41, 5.74) is 24.1. The first-order chi connectivity index (χ1) is 35.5. The molecule has 1 heterocycles. The van der Waals surface area contributed by atoms with E-state index in [1.54, 1.807) is 0 Å². The van der Waals surface area contributed by atoms with Crippen molar-refractivity contribution >= 4 is 65.6 Å². The Hall–Kier alpha value is -8.76. The van der Waals surface area contributed by atoms with Gasteiger partial charge in [0.1, 0.15) is 0 Å². The molecule has 0 aliphatic heterocycles. The van der Waals surface area contributed by atoms with Gasteiger partial charge in [-0.3, -0.25) is 0 Å². The number of rotatable bonds is 8. The first-order valence-electron chi connectivity index (χ1n) is 24.9. The van der Waals surface area contributed by atoms with Crippen LogP contribution in [0.2, 0.25) is 0 Å². The molecule has 0 bridgehead atoms. The zero-order chi connectivity index (χ0) is 47.9. The SMILES string of the molecule is Cc1cccc(N(c2ccc(-c3ccccc3)cc2)c2ccc3c(c2)C2(c4ccccc4-c4ccccc42)c2c-3ccc3c2sc2cc(N(c4ccc(-c5ccccc5)cc4)c4cccc(C)c4)ccc23)c1. The second kappa shape index (κ2) is 16.7. The fraction of sp³-hybridized carbons (Fsp3) is 0.0435. The molecule has 14 rings (SSSR count). The lowest BCUT2D eigenvalue weighted by Gasteiger charge is -2.32. The van der Waals surface area contributed by atoms with Crippen molar-refractivity contribution in [3.63, 3.8) is 0 Å². The van der Waals surface area contributed by atoms with Gasteiger partial charge in [-0.25, -0.2) is 0 Å². The fourth-order valence-electron chi connectivity index (χ4n) is 12.0. The summed E-state index contributed by atoms with van der Waals surface area (Å²) in [6.07, 6.45) is 0. The van der Waals surface area contributed by atoms with Gasteiger partial charge in [-0.2, -0.15) is 0 Å². The molecule has 12 aromatic rings. The van der Waals surface area contributed by atoms with Gasteiger partial charge in [0.25, 0.3) is 0 Å². The molecule has 1 spiro atoms.